The van der Waals surface area contributed by atoms with E-state index in [2.05, 4.69) is 47.3 Å². The van der Waals surface area contributed by atoms with Crippen molar-refractivity contribution in [1.82, 2.24) is 9.97 Å². The van der Waals surface area contributed by atoms with Crippen LogP contribution in [0, 0.1) is 13.8 Å². The zero-order valence-electron chi connectivity index (χ0n) is 15.0. The topological polar surface area (TPSA) is 58.1 Å². The highest BCUT2D eigenvalue weighted by Crippen LogP contribution is 2.28. The van der Waals surface area contributed by atoms with Gasteiger partial charge < -0.3 is 4.90 Å². The smallest absolute Gasteiger partial charge is 0.257 e. The van der Waals surface area contributed by atoms with Gasteiger partial charge in [-0.3, -0.25) is 10.1 Å². The molecule has 0 spiro atoms. The van der Waals surface area contributed by atoms with Crippen molar-refractivity contribution >= 4 is 39.8 Å². The van der Waals surface area contributed by atoms with Gasteiger partial charge in [-0.25, -0.2) is 9.97 Å². The number of nitrogens with zero attached hydrogens (tertiary/aromatic N) is 3. The third-order valence-electron chi connectivity index (χ3n) is 3.88. The fraction of sp³-hybridized carbons (Fsp3) is 0.211. The summed E-state index contributed by atoms with van der Waals surface area (Å²) in [4.78, 5) is 23.1. The third kappa shape index (κ3) is 4.03. The summed E-state index contributed by atoms with van der Waals surface area (Å²) in [7, 11) is 3.69. The molecule has 0 aliphatic heterocycles. The van der Waals surface area contributed by atoms with Crippen LogP contribution in [0.1, 0.15) is 21.5 Å². The minimum absolute atomic E-state index is 0.265. The molecule has 7 heteroatoms. The van der Waals surface area contributed by atoms with E-state index in [9.17, 15) is 4.79 Å². The lowest BCUT2D eigenvalue weighted by molar-refractivity contribution is 0.102. The minimum Gasteiger partial charge on any atom is -0.363 e. The van der Waals surface area contributed by atoms with Crippen molar-refractivity contribution in [2.45, 2.75) is 13.8 Å². The molecule has 0 saturated carbocycles. The second-order valence-electron chi connectivity index (χ2n) is 6.24. The molecule has 2 aromatic heterocycles. The molecule has 5 nitrogen and oxygen atoms in total. The molecule has 26 heavy (non-hydrogen) atoms. The number of pyridine rings is 1. The first-order valence-electron chi connectivity index (χ1n) is 8.03. The van der Waals surface area contributed by atoms with Gasteiger partial charge >= 0.3 is 0 Å². The van der Waals surface area contributed by atoms with Crippen molar-refractivity contribution in [2.24, 2.45) is 0 Å². The van der Waals surface area contributed by atoms with Gasteiger partial charge in [0.05, 0.1) is 5.69 Å². The monoisotopic (exact) mass is 386 g/mol. The van der Waals surface area contributed by atoms with Crippen LogP contribution in [0.25, 0.3) is 11.3 Å². The Morgan fingerprint density at radius 2 is 1.92 bits per heavy atom. The second-order valence-corrected chi connectivity index (χ2v) is 7.49. The lowest BCUT2D eigenvalue weighted by Crippen LogP contribution is -2.15. The first-order valence-corrected chi connectivity index (χ1v) is 9.28. The molecule has 3 aromatic rings. The number of aryl methyl sites for hydroxylation is 2. The summed E-state index contributed by atoms with van der Waals surface area (Å²) in [5, 5.41) is 5.60. The Kier molecular flexibility index (Phi) is 5.25. The standard InChI is InChI=1S/C19H19ClN4OS/c1-11-5-6-14(12(2)7-11)15-10-26-19(21-15)23-18(25)13-8-16(20)22-17(9-13)24(3)4/h5-10H,1-4H3,(H,21,23,25). The Morgan fingerprint density at radius 3 is 2.62 bits per heavy atom. The molecule has 3 rings (SSSR count). The van der Waals surface area contributed by atoms with E-state index in [1.807, 2.05) is 19.5 Å². The zero-order valence-corrected chi connectivity index (χ0v) is 16.6. The molecule has 0 aliphatic rings. The predicted octanol–water partition coefficient (Wildman–Crippen LogP) is 4.79. The molecule has 1 N–H and O–H groups in total. The molecule has 1 amide bonds. The van der Waals surface area contributed by atoms with Crippen LogP contribution in [0.2, 0.25) is 5.15 Å². The minimum atomic E-state index is -0.265. The number of hydrogen-bond donors (Lipinski definition) is 1. The van der Waals surface area contributed by atoms with E-state index < -0.39 is 0 Å². The van der Waals surface area contributed by atoms with E-state index >= 15 is 0 Å². The van der Waals surface area contributed by atoms with Crippen molar-refractivity contribution in [1.29, 1.82) is 0 Å². The number of thiazole rings is 1. The molecule has 1 aromatic carbocycles. The maximum Gasteiger partial charge on any atom is 0.257 e. The van der Waals surface area contributed by atoms with Gasteiger partial charge in [-0.15, -0.1) is 11.3 Å². The van der Waals surface area contributed by atoms with E-state index in [0.717, 1.165) is 16.8 Å². The Bertz CT molecular complexity index is 968. The summed E-state index contributed by atoms with van der Waals surface area (Å²) in [6, 6.07) is 9.47. The zero-order chi connectivity index (χ0) is 18.8. The number of nitrogens with one attached hydrogen (secondary N) is 1. The van der Waals surface area contributed by atoms with Gasteiger partial charge in [0.15, 0.2) is 5.13 Å². The molecular formula is C19H19ClN4OS. The molecule has 0 bridgehead atoms. The van der Waals surface area contributed by atoms with Crippen molar-refractivity contribution in [3.63, 3.8) is 0 Å². The summed E-state index contributed by atoms with van der Waals surface area (Å²) in [5.74, 6) is 0.358. The lowest BCUT2D eigenvalue weighted by atomic mass is 10.0. The third-order valence-corrected chi connectivity index (χ3v) is 4.83. The van der Waals surface area contributed by atoms with Gasteiger partial charge in [-0.2, -0.15) is 0 Å². The summed E-state index contributed by atoms with van der Waals surface area (Å²) < 4.78 is 0. The van der Waals surface area contributed by atoms with Crippen LogP contribution in [0.15, 0.2) is 35.7 Å². The van der Waals surface area contributed by atoms with Gasteiger partial charge in [0.25, 0.3) is 5.91 Å². The SMILES string of the molecule is Cc1ccc(-c2csc(NC(=O)c3cc(Cl)nc(N(C)C)c3)n2)c(C)c1. The van der Waals surface area contributed by atoms with Crippen LogP contribution >= 0.6 is 22.9 Å². The highest BCUT2D eigenvalue weighted by molar-refractivity contribution is 7.14. The number of amides is 1. The molecule has 134 valence electrons. The molecular weight excluding hydrogens is 368 g/mol. The molecule has 0 atom stereocenters. The van der Waals surface area contributed by atoms with Gasteiger partial charge in [-0.1, -0.05) is 35.4 Å². The van der Waals surface area contributed by atoms with Gasteiger partial charge in [0.1, 0.15) is 11.0 Å². The summed E-state index contributed by atoms with van der Waals surface area (Å²) in [6.45, 7) is 4.12. The molecule has 2 heterocycles. The van der Waals surface area contributed by atoms with E-state index in [-0.39, 0.29) is 11.1 Å². The van der Waals surface area contributed by atoms with E-state index in [4.69, 9.17) is 11.6 Å². The second kappa shape index (κ2) is 7.43. The van der Waals surface area contributed by atoms with Crippen LogP contribution < -0.4 is 10.2 Å². The Balaban J connectivity index is 1.82. The first-order chi connectivity index (χ1) is 12.3. The number of aromatic nitrogens is 2. The molecule has 0 fully saturated rings. The number of rotatable bonds is 4. The largest absolute Gasteiger partial charge is 0.363 e. The number of carbonyl (C=O) groups excluding carboxylic acids is 1. The maximum absolute atomic E-state index is 12.5. The first kappa shape index (κ1) is 18.4. The number of halogens is 1. The van der Waals surface area contributed by atoms with E-state index in [0.29, 0.717) is 16.5 Å². The quantitative estimate of drug-likeness (QED) is 0.654. The maximum atomic E-state index is 12.5. The fourth-order valence-corrected chi connectivity index (χ4v) is 3.48. The van der Waals surface area contributed by atoms with Crippen LogP contribution in [0.3, 0.4) is 0 Å². The lowest BCUT2D eigenvalue weighted by Gasteiger charge is -2.12. The van der Waals surface area contributed by atoms with Crippen LogP contribution in [-0.2, 0) is 0 Å². The van der Waals surface area contributed by atoms with Crippen molar-refractivity contribution < 1.29 is 4.79 Å². The predicted molar refractivity (Wildman–Crippen MR) is 109 cm³/mol. The average molecular weight is 387 g/mol. The summed E-state index contributed by atoms with van der Waals surface area (Å²) >= 11 is 7.42. The Hall–Kier alpha value is -2.44. The normalized spacial score (nSPS) is 10.7. The van der Waals surface area contributed by atoms with E-state index in [1.54, 1.807) is 17.0 Å². The van der Waals surface area contributed by atoms with Crippen LogP contribution in [0.4, 0.5) is 10.9 Å². The van der Waals surface area contributed by atoms with Gasteiger partial charge in [0, 0.05) is 30.6 Å². The molecule has 0 unspecified atom stereocenters. The van der Waals surface area contributed by atoms with Crippen LogP contribution in [-0.4, -0.2) is 30.0 Å². The fourth-order valence-electron chi connectivity index (χ4n) is 2.57. The van der Waals surface area contributed by atoms with Gasteiger partial charge in [0.2, 0.25) is 0 Å². The van der Waals surface area contributed by atoms with Gasteiger partial charge in [-0.05, 0) is 31.5 Å². The van der Waals surface area contributed by atoms with Crippen molar-refractivity contribution in [3.05, 3.63) is 57.6 Å². The number of carbonyl (C=O) groups is 1. The highest BCUT2D eigenvalue weighted by Gasteiger charge is 2.14. The number of anilines is 2. The summed E-state index contributed by atoms with van der Waals surface area (Å²) in [6.07, 6.45) is 0. The summed E-state index contributed by atoms with van der Waals surface area (Å²) in [5.41, 5.74) is 4.72. The highest BCUT2D eigenvalue weighted by atomic mass is 35.5. The Morgan fingerprint density at radius 1 is 1.15 bits per heavy atom. The molecule has 0 aliphatic carbocycles. The van der Waals surface area contributed by atoms with E-state index in [1.165, 1.54) is 16.9 Å². The van der Waals surface area contributed by atoms with Crippen molar-refractivity contribution in [2.75, 3.05) is 24.3 Å². The molecule has 0 saturated heterocycles. The van der Waals surface area contributed by atoms with Crippen LogP contribution in [0.5, 0.6) is 0 Å². The number of benzene rings is 1. The van der Waals surface area contributed by atoms with Crippen molar-refractivity contribution in [3.8, 4) is 11.3 Å². The average Bonchev–Trinajstić information content (AvgIpc) is 3.02. The Labute approximate surface area is 161 Å². The number of hydrogen-bond acceptors (Lipinski definition) is 5. The molecule has 0 radical (unpaired) electrons.